The normalized spacial score (nSPS) is 9.92. The second-order valence-electron chi connectivity index (χ2n) is 2.41. The van der Waals surface area contributed by atoms with Gasteiger partial charge in [0, 0.05) is 13.6 Å². The first kappa shape index (κ1) is 9.25. The summed E-state index contributed by atoms with van der Waals surface area (Å²) in [6.07, 6.45) is 1.57. The first-order valence-electron chi connectivity index (χ1n) is 3.61. The molecule has 0 saturated carbocycles. The zero-order valence-electron chi connectivity index (χ0n) is 6.97. The average Bonchev–Trinajstić information content (AvgIpc) is 2.48. The van der Waals surface area contributed by atoms with Gasteiger partial charge in [-0.1, -0.05) is 0 Å². The minimum atomic E-state index is -0.0538. The highest BCUT2D eigenvalue weighted by molar-refractivity contribution is 9.10. The van der Waals surface area contributed by atoms with E-state index in [9.17, 15) is 4.79 Å². The molecular weight excluding hydrogens is 222 g/mol. The van der Waals surface area contributed by atoms with Crippen molar-refractivity contribution >= 4 is 21.8 Å². The number of hydrogen-bond donors (Lipinski definition) is 1. The second-order valence-corrected chi connectivity index (χ2v) is 3.27. The topological polar surface area (TPSA) is 49.0 Å². The maximum Gasteiger partial charge on any atom is 0.272 e. The molecule has 0 atom stereocenters. The van der Waals surface area contributed by atoms with Gasteiger partial charge in [0.05, 0.1) is 10.7 Å². The fourth-order valence-corrected chi connectivity index (χ4v) is 1.12. The minimum absolute atomic E-state index is 0.0538. The lowest BCUT2D eigenvalue weighted by Gasteiger charge is -2.12. The van der Waals surface area contributed by atoms with Crippen LogP contribution in [0.1, 0.15) is 17.4 Å². The van der Waals surface area contributed by atoms with Crippen LogP contribution < -0.4 is 0 Å². The molecule has 0 bridgehead atoms. The van der Waals surface area contributed by atoms with Gasteiger partial charge >= 0.3 is 0 Å². The van der Waals surface area contributed by atoms with Crippen molar-refractivity contribution in [1.29, 1.82) is 0 Å². The summed E-state index contributed by atoms with van der Waals surface area (Å²) >= 11 is 3.22. The Morgan fingerprint density at radius 2 is 2.50 bits per heavy atom. The monoisotopic (exact) mass is 231 g/mol. The molecule has 0 radical (unpaired) electrons. The number of hydrogen-bond acceptors (Lipinski definition) is 2. The van der Waals surface area contributed by atoms with Gasteiger partial charge in [-0.25, -0.2) is 0 Å². The Morgan fingerprint density at radius 1 is 1.83 bits per heavy atom. The van der Waals surface area contributed by atoms with E-state index in [1.807, 2.05) is 6.92 Å². The fraction of sp³-hybridized carbons (Fsp3) is 0.429. The van der Waals surface area contributed by atoms with Crippen molar-refractivity contribution in [2.24, 2.45) is 0 Å². The number of nitrogens with one attached hydrogen (secondary N) is 1. The van der Waals surface area contributed by atoms with E-state index in [1.54, 1.807) is 18.1 Å². The van der Waals surface area contributed by atoms with Crippen LogP contribution >= 0.6 is 15.9 Å². The Kier molecular flexibility index (Phi) is 2.86. The summed E-state index contributed by atoms with van der Waals surface area (Å²) in [7, 11) is 1.75. The van der Waals surface area contributed by atoms with Crippen molar-refractivity contribution in [3.05, 3.63) is 16.4 Å². The molecule has 0 fully saturated rings. The van der Waals surface area contributed by atoms with E-state index in [-0.39, 0.29) is 5.91 Å². The molecule has 0 aliphatic rings. The van der Waals surface area contributed by atoms with Crippen molar-refractivity contribution in [3.63, 3.8) is 0 Å². The molecule has 1 aromatic rings. The number of carbonyl (C=O) groups is 1. The predicted octanol–water partition coefficient (Wildman–Crippen LogP) is 1.26. The highest BCUT2D eigenvalue weighted by Crippen LogP contribution is 2.13. The number of carbonyl (C=O) groups excluding carboxylic acids is 1. The van der Waals surface area contributed by atoms with Crippen LogP contribution in [-0.4, -0.2) is 34.6 Å². The number of nitrogens with zero attached hydrogens (tertiary/aromatic N) is 2. The van der Waals surface area contributed by atoms with Crippen LogP contribution in [0.2, 0.25) is 0 Å². The zero-order chi connectivity index (χ0) is 9.14. The third-order valence-corrected chi connectivity index (χ3v) is 2.23. The average molecular weight is 232 g/mol. The predicted molar refractivity (Wildman–Crippen MR) is 48.9 cm³/mol. The van der Waals surface area contributed by atoms with E-state index < -0.39 is 0 Å². The molecule has 1 aromatic heterocycles. The van der Waals surface area contributed by atoms with E-state index in [1.165, 1.54) is 0 Å². The van der Waals surface area contributed by atoms with Crippen molar-refractivity contribution in [3.8, 4) is 0 Å². The van der Waals surface area contributed by atoms with Crippen LogP contribution in [0.25, 0.3) is 0 Å². The molecule has 0 unspecified atom stereocenters. The molecule has 0 aliphatic carbocycles. The summed E-state index contributed by atoms with van der Waals surface area (Å²) in [4.78, 5) is 13.1. The number of aromatic amines is 1. The molecule has 0 saturated heterocycles. The number of rotatable bonds is 2. The van der Waals surface area contributed by atoms with E-state index in [0.717, 1.165) is 0 Å². The van der Waals surface area contributed by atoms with Crippen molar-refractivity contribution < 1.29 is 4.79 Å². The Bertz CT molecular complexity index is 284. The summed E-state index contributed by atoms with van der Waals surface area (Å²) in [5, 5.41) is 6.37. The van der Waals surface area contributed by atoms with E-state index >= 15 is 0 Å². The number of aromatic nitrogens is 2. The minimum Gasteiger partial charge on any atom is -0.341 e. The molecule has 1 rings (SSSR count). The third-order valence-electron chi connectivity index (χ3n) is 1.63. The standard InChI is InChI=1S/C7H10BrN3O/c1-3-11(2)7(12)6-5(8)4-9-10-6/h4H,3H2,1-2H3,(H,9,10). The molecule has 1 heterocycles. The smallest absolute Gasteiger partial charge is 0.272 e. The van der Waals surface area contributed by atoms with Gasteiger partial charge in [0.2, 0.25) is 0 Å². The summed E-state index contributed by atoms with van der Waals surface area (Å²) < 4.78 is 0.702. The van der Waals surface area contributed by atoms with Crippen LogP contribution in [0, 0.1) is 0 Å². The highest BCUT2D eigenvalue weighted by atomic mass is 79.9. The van der Waals surface area contributed by atoms with E-state index in [0.29, 0.717) is 16.7 Å². The van der Waals surface area contributed by atoms with Crippen molar-refractivity contribution in [2.75, 3.05) is 13.6 Å². The van der Waals surface area contributed by atoms with E-state index in [2.05, 4.69) is 26.1 Å². The molecule has 0 aliphatic heterocycles. The summed E-state index contributed by atoms with van der Waals surface area (Å²) in [6, 6.07) is 0. The van der Waals surface area contributed by atoms with Gasteiger partial charge in [0.15, 0.2) is 0 Å². The van der Waals surface area contributed by atoms with Gasteiger partial charge in [-0.2, -0.15) is 5.10 Å². The first-order chi connectivity index (χ1) is 5.66. The molecule has 1 N–H and O–H groups in total. The quantitative estimate of drug-likeness (QED) is 0.834. The summed E-state index contributed by atoms with van der Waals surface area (Å²) in [5.41, 5.74) is 0.499. The van der Waals surface area contributed by atoms with Crippen molar-refractivity contribution in [1.82, 2.24) is 15.1 Å². The SMILES string of the molecule is CCN(C)C(=O)c1[nH]ncc1Br. The van der Waals surface area contributed by atoms with E-state index in [4.69, 9.17) is 0 Å². The largest absolute Gasteiger partial charge is 0.341 e. The third kappa shape index (κ3) is 1.66. The van der Waals surface area contributed by atoms with Crippen LogP contribution in [0.15, 0.2) is 10.7 Å². The lowest BCUT2D eigenvalue weighted by Crippen LogP contribution is -2.26. The Balaban J connectivity index is 2.85. The lowest BCUT2D eigenvalue weighted by molar-refractivity contribution is 0.0796. The second kappa shape index (κ2) is 3.71. The maximum atomic E-state index is 11.5. The molecule has 12 heavy (non-hydrogen) atoms. The molecule has 0 aromatic carbocycles. The fourth-order valence-electron chi connectivity index (χ4n) is 0.756. The zero-order valence-corrected chi connectivity index (χ0v) is 8.55. The van der Waals surface area contributed by atoms with Crippen LogP contribution in [0.3, 0.4) is 0 Å². The molecular formula is C7H10BrN3O. The van der Waals surface area contributed by atoms with Gasteiger partial charge in [-0.3, -0.25) is 9.89 Å². The summed E-state index contributed by atoms with van der Waals surface area (Å²) in [6.45, 7) is 2.60. The van der Waals surface area contributed by atoms with Gasteiger partial charge < -0.3 is 4.90 Å². The Labute approximate surface area is 79.1 Å². The lowest BCUT2D eigenvalue weighted by atomic mass is 10.4. The number of H-pyrrole nitrogens is 1. The van der Waals surface area contributed by atoms with Gasteiger partial charge in [-0.05, 0) is 22.9 Å². The molecule has 5 heteroatoms. The Morgan fingerprint density at radius 3 is 2.92 bits per heavy atom. The maximum absolute atomic E-state index is 11.5. The first-order valence-corrected chi connectivity index (χ1v) is 4.40. The Hall–Kier alpha value is -0.840. The van der Waals surface area contributed by atoms with Crippen molar-refractivity contribution in [2.45, 2.75) is 6.92 Å². The number of halogens is 1. The van der Waals surface area contributed by atoms with Crippen LogP contribution in [-0.2, 0) is 0 Å². The molecule has 4 nitrogen and oxygen atoms in total. The highest BCUT2D eigenvalue weighted by Gasteiger charge is 2.14. The molecule has 66 valence electrons. The number of amides is 1. The summed E-state index contributed by atoms with van der Waals surface area (Å²) in [5.74, 6) is -0.0538. The van der Waals surface area contributed by atoms with Gasteiger partial charge in [0.1, 0.15) is 5.69 Å². The van der Waals surface area contributed by atoms with Crippen LogP contribution in [0.5, 0.6) is 0 Å². The van der Waals surface area contributed by atoms with Gasteiger partial charge in [-0.15, -0.1) is 0 Å². The molecule has 0 spiro atoms. The van der Waals surface area contributed by atoms with Gasteiger partial charge in [0.25, 0.3) is 5.91 Å². The molecule has 1 amide bonds. The van der Waals surface area contributed by atoms with Crippen LogP contribution in [0.4, 0.5) is 0 Å².